The summed E-state index contributed by atoms with van der Waals surface area (Å²) in [6.45, 7) is 0. The summed E-state index contributed by atoms with van der Waals surface area (Å²) in [5.41, 5.74) is 1.42. The molecule has 0 saturated carbocycles. The number of ketones is 2. The molecular weight excluding hydrogens is 540 g/mol. The van der Waals surface area contributed by atoms with Crippen molar-refractivity contribution in [1.82, 2.24) is 0 Å². The van der Waals surface area contributed by atoms with Crippen LogP contribution in [-0.2, 0) is 30.4 Å². The standard InChI is InChI=1S/C20H14N2O11S3/c21-18-14(36(31,32)33)8-11(22-10-5-1-2-6-12(10)34(25,26)27)16-17(18)19(23)9-4-3-7-13(35(28,29)30)15(9)20(16)24/h1-8,22H,21H2,(H,25,26,27)(H,28,29,30)(H,31,32,33). The van der Waals surface area contributed by atoms with Crippen molar-refractivity contribution >= 4 is 59.0 Å². The number of carbonyl (C=O) groups is 2. The van der Waals surface area contributed by atoms with Crippen molar-refractivity contribution in [2.24, 2.45) is 0 Å². The number of carbonyl (C=O) groups excluding carboxylic acids is 2. The van der Waals surface area contributed by atoms with Crippen LogP contribution in [0.25, 0.3) is 0 Å². The Morgan fingerprint density at radius 3 is 1.75 bits per heavy atom. The summed E-state index contributed by atoms with van der Waals surface area (Å²) < 4.78 is 100. The number of nitrogen functional groups attached to an aromatic ring is 1. The molecule has 1 aliphatic rings. The first-order valence-corrected chi connectivity index (χ1v) is 13.8. The molecule has 0 aromatic heterocycles. The molecule has 0 atom stereocenters. The SMILES string of the molecule is Nc1c(S(=O)(=O)O)cc(Nc2ccccc2S(=O)(=O)O)c2c1C(=O)c1cccc(S(=O)(=O)O)c1C2=O. The summed E-state index contributed by atoms with van der Waals surface area (Å²) in [6, 6.07) is 8.28. The van der Waals surface area contributed by atoms with E-state index in [-0.39, 0.29) is 5.69 Å². The van der Waals surface area contributed by atoms with Gasteiger partial charge in [-0.3, -0.25) is 23.2 Å². The molecule has 0 spiro atoms. The van der Waals surface area contributed by atoms with Crippen LogP contribution in [0.4, 0.5) is 17.1 Å². The zero-order valence-corrected chi connectivity index (χ0v) is 20.0. The monoisotopic (exact) mass is 554 g/mol. The van der Waals surface area contributed by atoms with Crippen LogP contribution in [0.3, 0.4) is 0 Å². The fourth-order valence-electron chi connectivity index (χ4n) is 3.83. The molecule has 0 heterocycles. The van der Waals surface area contributed by atoms with Gasteiger partial charge in [-0.2, -0.15) is 25.3 Å². The smallest absolute Gasteiger partial charge is 0.296 e. The minimum absolute atomic E-state index is 0.373. The number of benzene rings is 3. The van der Waals surface area contributed by atoms with Crippen molar-refractivity contribution in [1.29, 1.82) is 0 Å². The topological polar surface area (TPSA) is 235 Å². The molecule has 188 valence electrons. The highest BCUT2D eigenvalue weighted by molar-refractivity contribution is 7.86. The predicted molar refractivity (Wildman–Crippen MR) is 123 cm³/mol. The highest BCUT2D eigenvalue weighted by Gasteiger charge is 2.39. The zero-order valence-electron chi connectivity index (χ0n) is 17.5. The van der Waals surface area contributed by atoms with Gasteiger partial charge in [0.25, 0.3) is 30.4 Å². The number of hydrogen-bond acceptors (Lipinski definition) is 10. The summed E-state index contributed by atoms with van der Waals surface area (Å²) in [4.78, 5) is 24.2. The van der Waals surface area contributed by atoms with Crippen LogP contribution in [0.2, 0.25) is 0 Å². The largest absolute Gasteiger partial charge is 0.397 e. The van der Waals surface area contributed by atoms with Crippen LogP contribution < -0.4 is 11.1 Å². The van der Waals surface area contributed by atoms with Gasteiger partial charge in [0.15, 0.2) is 11.6 Å². The van der Waals surface area contributed by atoms with E-state index < -0.39 is 90.2 Å². The molecule has 4 rings (SSSR count). The van der Waals surface area contributed by atoms with Crippen molar-refractivity contribution < 1.29 is 48.5 Å². The molecule has 3 aromatic carbocycles. The van der Waals surface area contributed by atoms with Gasteiger partial charge in [0.2, 0.25) is 0 Å². The molecule has 16 heteroatoms. The Balaban J connectivity index is 2.11. The summed E-state index contributed by atoms with van der Waals surface area (Å²) in [6.07, 6.45) is 0. The van der Waals surface area contributed by atoms with E-state index in [1.165, 1.54) is 12.1 Å². The lowest BCUT2D eigenvalue weighted by atomic mass is 9.82. The van der Waals surface area contributed by atoms with E-state index in [0.717, 1.165) is 30.3 Å². The van der Waals surface area contributed by atoms with Crippen molar-refractivity contribution in [2.45, 2.75) is 14.7 Å². The fraction of sp³-hybridized carbons (Fsp3) is 0. The predicted octanol–water partition coefficient (Wildman–Crippen LogP) is 1.53. The number of rotatable bonds is 5. The molecule has 13 nitrogen and oxygen atoms in total. The molecule has 3 aromatic rings. The first-order valence-electron chi connectivity index (χ1n) is 9.51. The highest BCUT2D eigenvalue weighted by atomic mass is 32.2. The molecule has 0 bridgehead atoms. The average molecular weight is 555 g/mol. The highest BCUT2D eigenvalue weighted by Crippen LogP contribution is 2.42. The number of hydrogen-bond donors (Lipinski definition) is 5. The van der Waals surface area contributed by atoms with E-state index in [4.69, 9.17) is 5.73 Å². The van der Waals surface area contributed by atoms with Crippen LogP contribution in [0, 0.1) is 0 Å². The van der Waals surface area contributed by atoms with Crippen molar-refractivity contribution in [3.05, 3.63) is 70.8 Å². The summed E-state index contributed by atoms with van der Waals surface area (Å²) in [5, 5.41) is 2.43. The number of anilines is 3. The zero-order chi connectivity index (χ0) is 26.8. The van der Waals surface area contributed by atoms with Gasteiger partial charge in [0.1, 0.15) is 14.7 Å². The summed E-state index contributed by atoms with van der Waals surface area (Å²) in [7, 11) is -15.0. The van der Waals surface area contributed by atoms with E-state index in [1.807, 2.05) is 0 Å². The molecule has 0 fully saturated rings. The minimum Gasteiger partial charge on any atom is -0.397 e. The molecule has 36 heavy (non-hydrogen) atoms. The van der Waals surface area contributed by atoms with Gasteiger partial charge < -0.3 is 11.1 Å². The molecular formula is C20H14N2O11S3. The minimum atomic E-state index is -5.10. The lowest BCUT2D eigenvalue weighted by molar-refractivity contribution is 0.0977. The van der Waals surface area contributed by atoms with Gasteiger partial charge in [0, 0.05) is 5.56 Å². The second-order valence-corrected chi connectivity index (χ2v) is 11.6. The lowest BCUT2D eigenvalue weighted by Gasteiger charge is -2.25. The van der Waals surface area contributed by atoms with E-state index in [2.05, 4.69) is 5.32 Å². The van der Waals surface area contributed by atoms with E-state index in [1.54, 1.807) is 0 Å². The second kappa shape index (κ2) is 8.19. The number of nitrogens with two attached hydrogens (primary N) is 1. The van der Waals surface area contributed by atoms with Crippen LogP contribution in [0.15, 0.2) is 63.2 Å². The Morgan fingerprint density at radius 1 is 0.611 bits per heavy atom. The van der Waals surface area contributed by atoms with Gasteiger partial charge in [-0.05, 0) is 24.3 Å². The van der Waals surface area contributed by atoms with Crippen molar-refractivity contribution in [3.63, 3.8) is 0 Å². The molecule has 0 unspecified atom stereocenters. The Kier molecular flexibility index (Phi) is 5.78. The molecule has 0 aliphatic heterocycles. The third kappa shape index (κ3) is 4.15. The first-order chi connectivity index (χ1) is 16.5. The lowest BCUT2D eigenvalue weighted by Crippen LogP contribution is -2.27. The van der Waals surface area contributed by atoms with E-state index in [9.17, 15) is 48.5 Å². The van der Waals surface area contributed by atoms with Gasteiger partial charge in [-0.1, -0.05) is 24.3 Å². The fourth-order valence-corrected chi connectivity index (χ4v) is 5.83. The molecule has 0 radical (unpaired) electrons. The number of fused-ring (bicyclic) bond motifs is 2. The maximum Gasteiger partial charge on any atom is 0.296 e. The van der Waals surface area contributed by atoms with Crippen molar-refractivity contribution in [2.75, 3.05) is 11.1 Å². The van der Waals surface area contributed by atoms with Crippen LogP contribution in [0.5, 0.6) is 0 Å². The molecule has 0 saturated heterocycles. The maximum absolute atomic E-state index is 13.5. The van der Waals surface area contributed by atoms with Gasteiger partial charge in [-0.25, -0.2) is 0 Å². The number of para-hydroxylation sites is 1. The maximum atomic E-state index is 13.5. The van der Waals surface area contributed by atoms with Gasteiger partial charge in [0.05, 0.1) is 33.8 Å². The molecule has 1 aliphatic carbocycles. The Morgan fingerprint density at radius 2 is 1.17 bits per heavy atom. The average Bonchev–Trinajstić information content (AvgIpc) is 2.76. The van der Waals surface area contributed by atoms with E-state index in [0.29, 0.717) is 6.07 Å². The first kappa shape index (κ1) is 25.4. The Labute approximate surface area is 203 Å². The second-order valence-electron chi connectivity index (χ2n) is 7.47. The third-order valence-corrected chi connectivity index (χ3v) is 7.97. The van der Waals surface area contributed by atoms with Gasteiger partial charge in [-0.15, -0.1) is 0 Å². The van der Waals surface area contributed by atoms with Crippen LogP contribution in [-0.4, -0.2) is 50.5 Å². The molecule has 0 amide bonds. The van der Waals surface area contributed by atoms with E-state index >= 15 is 0 Å². The molecule has 6 N–H and O–H groups in total. The number of nitrogens with one attached hydrogen (secondary N) is 1. The third-order valence-electron chi connectivity index (χ3n) is 5.27. The Hall–Kier alpha value is -3.67. The normalized spacial score (nSPS) is 13.8. The van der Waals surface area contributed by atoms with Crippen molar-refractivity contribution in [3.8, 4) is 0 Å². The van der Waals surface area contributed by atoms with Crippen LogP contribution >= 0.6 is 0 Å². The quantitative estimate of drug-likeness (QED) is 0.174. The van der Waals surface area contributed by atoms with Crippen LogP contribution in [0.1, 0.15) is 31.8 Å². The summed E-state index contributed by atoms with van der Waals surface area (Å²) in [5.74, 6) is -2.30. The Bertz CT molecular complexity index is 1830. The van der Waals surface area contributed by atoms with Gasteiger partial charge >= 0.3 is 0 Å². The summed E-state index contributed by atoms with van der Waals surface area (Å²) >= 11 is 0.